The van der Waals surface area contributed by atoms with Crippen molar-refractivity contribution in [3.63, 3.8) is 0 Å². The van der Waals surface area contributed by atoms with Crippen LogP contribution in [0.2, 0.25) is 0 Å². The highest BCUT2D eigenvalue weighted by atomic mass is 32.2. The SMILES string of the molecule is O=S(ONS(=O)(=O)C(F)(F)F)c1ccc(F)cc1. The van der Waals surface area contributed by atoms with E-state index in [1.54, 1.807) is 0 Å². The van der Waals surface area contributed by atoms with Crippen LogP contribution in [0, 0.1) is 5.82 Å². The maximum atomic E-state index is 12.5. The van der Waals surface area contributed by atoms with Gasteiger partial charge in [-0.3, -0.25) is 0 Å². The summed E-state index contributed by atoms with van der Waals surface area (Å²) in [4.78, 5) is 0.458. The monoisotopic (exact) mass is 307 g/mol. The molecule has 0 spiro atoms. The van der Waals surface area contributed by atoms with Crippen molar-refractivity contribution in [1.29, 1.82) is 0 Å². The van der Waals surface area contributed by atoms with Gasteiger partial charge in [0.1, 0.15) is 5.82 Å². The van der Waals surface area contributed by atoms with Crippen molar-refractivity contribution in [2.24, 2.45) is 0 Å². The van der Waals surface area contributed by atoms with E-state index >= 15 is 0 Å². The molecular weight excluding hydrogens is 302 g/mol. The standard InChI is InChI=1S/C7H5F4NO4S2/c8-5-1-3-6(4-2-5)17(13)16-12-18(14,15)7(9,10)11/h1-4,12H. The number of halogens is 4. The topological polar surface area (TPSA) is 72.5 Å². The number of rotatable bonds is 4. The van der Waals surface area contributed by atoms with Crippen molar-refractivity contribution in [1.82, 2.24) is 4.89 Å². The van der Waals surface area contributed by atoms with E-state index in [2.05, 4.69) is 4.28 Å². The Morgan fingerprint density at radius 3 is 2.11 bits per heavy atom. The molecule has 18 heavy (non-hydrogen) atoms. The molecule has 0 heterocycles. The molecule has 1 rings (SSSR count). The molecule has 1 N–H and O–H groups in total. The third-order valence-electron chi connectivity index (χ3n) is 1.53. The normalized spacial score (nSPS) is 14.4. The molecule has 11 heteroatoms. The Labute approximate surface area is 101 Å². The van der Waals surface area contributed by atoms with Gasteiger partial charge in [-0.1, -0.05) is 4.89 Å². The van der Waals surface area contributed by atoms with Gasteiger partial charge in [-0.05, 0) is 24.3 Å². The van der Waals surface area contributed by atoms with Crippen molar-refractivity contribution in [2.75, 3.05) is 0 Å². The number of hydrogen-bond donors (Lipinski definition) is 1. The lowest BCUT2D eigenvalue weighted by atomic mass is 10.4. The van der Waals surface area contributed by atoms with E-state index in [1.165, 1.54) is 0 Å². The van der Waals surface area contributed by atoms with E-state index in [9.17, 15) is 30.2 Å². The fourth-order valence-electron chi connectivity index (χ4n) is 0.717. The van der Waals surface area contributed by atoms with Crippen LogP contribution in [0.5, 0.6) is 0 Å². The molecular formula is C7H5F4NO4S2. The minimum absolute atomic E-state index is 0.207. The molecule has 0 bridgehead atoms. The van der Waals surface area contributed by atoms with E-state index in [4.69, 9.17) is 0 Å². The molecule has 0 aliphatic rings. The molecule has 0 saturated carbocycles. The van der Waals surface area contributed by atoms with Gasteiger partial charge in [-0.2, -0.15) is 17.5 Å². The summed E-state index contributed by atoms with van der Waals surface area (Å²) >= 11 is -2.53. The zero-order chi connectivity index (χ0) is 14.0. The van der Waals surface area contributed by atoms with Gasteiger partial charge in [-0.15, -0.1) is 0 Å². The highest BCUT2D eigenvalue weighted by Gasteiger charge is 2.46. The molecule has 0 radical (unpaired) electrons. The van der Waals surface area contributed by atoms with Crippen molar-refractivity contribution in [3.8, 4) is 0 Å². The van der Waals surface area contributed by atoms with Crippen molar-refractivity contribution < 1.29 is 34.5 Å². The van der Waals surface area contributed by atoms with E-state index in [0.717, 1.165) is 24.3 Å². The summed E-state index contributed by atoms with van der Waals surface area (Å²) in [6, 6.07) is 3.70. The first kappa shape index (κ1) is 15.0. The lowest BCUT2D eigenvalue weighted by Crippen LogP contribution is -2.36. The Morgan fingerprint density at radius 2 is 1.67 bits per heavy atom. The number of benzene rings is 1. The Kier molecular flexibility index (Phi) is 4.42. The zero-order valence-corrected chi connectivity index (χ0v) is 9.90. The molecule has 5 nitrogen and oxygen atoms in total. The number of nitrogens with one attached hydrogen (secondary N) is 1. The van der Waals surface area contributed by atoms with Crippen LogP contribution >= 0.6 is 0 Å². The summed E-state index contributed by atoms with van der Waals surface area (Å²) < 4.78 is 84.1. The summed E-state index contributed by atoms with van der Waals surface area (Å²) in [6.07, 6.45) is 0. The summed E-state index contributed by atoms with van der Waals surface area (Å²) in [5.74, 6) is -0.661. The number of sulfonamides is 1. The molecule has 0 amide bonds. The lowest BCUT2D eigenvalue weighted by molar-refractivity contribution is -0.0474. The third-order valence-corrected chi connectivity index (χ3v) is 3.44. The van der Waals surface area contributed by atoms with E-state index in [-0.39, 0.29) is 4.90 Å². The minimum atomic E-state index is -5.75. The molecule has 102 valence electrons. The van der Waals surface area contributed by atoms with E-state index < -0.39 is 32.4 Å². The highest BCUT2D eigenvalue weighted by molar-refractivity contribution is 7.90. The van der Waals surface area contributed by atoms with Gasteiger partial charge in [-0.25, -0.2) is 17.0 Å². The van der Waals surface area contributed by atoms with Crippen molar-refractivity contribution >= 4 is 21.1 Å². The Bertz CT molecular complexity index is 540. The molecule has 0 aliphatic carbocycles. The molecule has 0 aromatic heterocycles. The van der Waals surface area contributed by atoms with Gasteiger partial charge in [0, 0.05) is 0 Å². The molecule has 1 unspecified atom stereocenters. The second-order valence-electron chi connectivity index (χ2n) is 2.80. The molecule has 1 aromatic carbocycles. The molecule has 0 saturated heterocycles. The van der Waals surface area contributed by atoms with Crippen LogP contribution in [0.4, 0.5) is 17.6 Å². The summed E-state index contributed by atoms with van der Waals surface area (Å²) in [5, 5.41) is 0. The summed E-state index contributed by atoms with van der Waals surface area (Å²) in [6.45, 7) is 0. The fourth-order valence-corrected chi connectivity index (χ4v) is 1.87. The van der Waals surface area contributed by atoms with Crippen molar-refractivity contribution in [2.45, 2.75) is 10.4 Å². The maximum absolute atomic E-state index is 12.5. The van der Waals surface area contributed by atoms with Crippen LogP contribution in [0.15, 0.2) is 29.2 Å². The average molecular weight is 307 g/mol. The minimum Gasteiger partial charge on any atom is -0.223 e. The Balaban J connectivity index is 2.71. The molecule has 1 aromatic rings. The third kappa shape index (κ3) is 3.73. The Morgan fingerprint density at radius 1 is 1.17 bits per heavy atom. The summed E-state index contributed by atoms with van der Waals surface area (Å²) in [7, 11) is -5.75. The second kappa shape index (κ2) is 5.30. The first-order chi connectivity index (χ1) is 8.13. The first-order valence-electron chi connectivity index (χ1n) is 4.06. The van der Waals surface area contributed by atoms with Gasteiger partial charge < -0.3 is 0 Å². The van der Waals surface area contributed by atoms with E-state index in [1.807, 2.05) is 0 Å². The van der Waals surface area contributed by atoms with Crippen LogP contribution in [0.25, 0.3) is 0 Å². The molecule has 1 atom stereocenters. The summed E-state index contributed by atoms with van der Waals surface area (Å²) in [5.41, 5.74) is -5.58. The first-order valence-corrected chi connectivity index (χ1v) is 6.62. The fraction of sp³-hybridized carbons (Fsp3) is 0.143. The predicted octanol–water partition coefficient (Wildman–Crippen LogP) is 1.22. The van der Waals surface area contributed by atoms with Gasteiger partial charge in [0.2, 0.25) is 11.1 Å². The Hall–Kier alpha value is -1.04. The van der Waals surface area contributed by atoms with Gasteiger partial charge in [0.05, 0.1) is 4.90 Å². The predicted molar refractivity (Wildman–Crippen MR) is 52.0 cm³/mol. The van der Waals surface area contributed by atoms with E-state index in [0.29, 0.717) is 4.89 Å². The van der Waals surface area contributed by atoms with Gasteiger partial charge >= 0.3 is 15.5 Å². The van der Waals surface area contributed by atoms with Crippen LogP contribution in [0.1, 0.15) is 0 Å². The lowest BCUT2D eigenvalue weighted by Gasteiger charge is -2.08. The average Bonchev–Trinajstić information content (AvgIpc) is 2.25. The number of alkyl halides is 3. The maximum Gasteiger partial charge on any atom is 0.513 e. The van der Waals surface area contributed by atoms with Gasteiger partial charge in [0.15, 0.2) is 0 Å². The second-order valence-corrected chi connectivity index (χ2v) is 5.55. The van der Waals surface area contributed by atoms with Gasteiger partial charge in [0.25, 0.3) is 0 Å². The van der Waals surface area contributed by atoms with Crippen LogP contribution in [-0.2, 0) is 25.4 Å². The van der Waals surface area contributed by atoms with Crippen LogP contribution in [0.3, 0.4) is 0 Å². The molecule has 0 aliphatic heterocycles. The van der Waals surface area contributed by atoms with Crippen LogP contribution in [-0.4, -0.2) is 18.1 Å². The quantitative estimate of drug-likeness (QED) is 0.670. The zero-order valence-electron chi connectivity index (χ0n) is 8.27. The number of hydrogen-bond acceptors (Lipinski definition) is 4. The van der Waals surface area contributed by atoms with Crippen molar-refractivity contribution in [3.05, 3.63) is 30.1 Å². The largest absolute Gasteiger partial charge is 0.513 e. The highest BCUT2D eigenvalue weighted by Crippen LogP contribution is 2.21. The molecule has 0 fully saturated rings. The smallest absolute Gasteiger partial charge is 0.223 e. The van der Waals surface area contributed by atoms with Crippen LogP contribution < -0.4 is 4.89 Å².